The Labute approximate surface area is 107 Å². The largest absolute Gasteiger partial charge is 0.418 e. The number of aromatic nitrogens is 1. The van der Waals surface area contributed by atoms with Crippen molar-refractivity contribution in [2.45, 2.75) is 19.6 Å². The molecule has 0 aliphatic carbocycles. The number of halogens is 3. The van der Waals surface area contributed by atoms with Crippen molar-refractivity contribution in [3.63, 3.8) is 0 Å². The fourth-order valence-electron chi connectivity index (χ4n) is 1.60. The van der Waals surface area contributed by atoms with Crippen LogP contribution in [-0.2, 0) is 12.7 Å². The van der Waals surface area contributed by atoms with E-state index < -0.39 is 11.7 Å². The molecule has 0 saturated carbocycles. The molecule has 0 unspecified atom stereocenters. The van der Waals surface area contributed by atoms with Gasteiger partial charge in [0.1, 0.15) is 0 Å². The fraction of sp³-hybridized carbons (Fsp3) is 0.250. The van der Waals surface area contributed by atoms with Crippen LogP contribution in [0.25, 0.3) is 0 Å². The summed E-state index contributed by atoms with van der Waals surface area (Å²) in [5.74, 6) is 0.544. The molecular formula is C12H12F3N3O. The Morgan fingerprint density at radius 3 is 2.63 bits per heavy atom. The van der Waals surface area contributed by atoms with Gasteiger partial charge in [0.25, 0.3) is 0 Å². The number of aryl methyl sites for hydroxylation is 1. The molecule has 1 aromatic heterocycles. The molecule has 0 fully saturated rings. The van der Waals surface area contributed by atoms with Crippen LogP contribution < -0.4 is 11.1 Å². The molecule has 3 N–H and O–H groups in total. The lowest BCUT2D eigenvalue weighted by molar-refractivity contribution is -0.136. The van der Waals surface area contributed by atoms with Gasteiger partial charge in [-0.2, -0.15) is 13.2 Å². The molecule has 0 aliphatic rings. The third-order valence-electron chi connectivity index (χ3n) is 2.50. The summed E-state index contributed by atoms with van der Waals surface area (Å²) in [5.41, 5.74) is 5.19. The monoisotopic (exact) mass is 271 g/mol. The van der Waals surface area contributed by atoms with Crippen molar-refractivity contribution in [1.82, 2.24) is 5.16 Å². The molecule has 0 aliphatic heterocycles. The van der Waals surface area contributed by atoms with Crippen LogP contribution in [0.4, 0.5) is 24.5 Å². The van der Waals surface area contributed by atoms with E-state index in [1.54, 1.807) is 13.0 Å². The predicted octanol–water partition coefficient (Wildman–Crippen LogP) is 3.20. The van der Waals surface area contributed by atoms with Crippen molar-refractivity contribution < 1.29 is 17.7 Å². The second-order valence-electron chi connectivity index (χ2n) is 4.09. The molecule has 0 amide bonds. The van der Waals surface area contributed by atoms with Gasteiger partial charge >= 0.3 is 6.18 Å². The Morgan fingerprint density at radius 1 is 1.32 bits per heavy atom. The van der Waals surface area contributed by atoms with E-state index in [2.05, 4.69) is 10.5 Å². The lowest BCUT2D eigenvalue weighted by atomic mass is 10.1. The van der Waals surface area contributed by atoms with Gasteiger partial charge in [0.05, 0.1) is 17.8 Å². The summed E-state index contributed by atoms with van der Waals surface area (Å²) in [6.45, 7) is 2.01. The number of nitrogens with zero attached hydrogens (tertiary/aromatic N) is 1. The molecule has 102 valence electrons. The van der Waals surface area contributed by atoms with Crippen molar-refractivity contribution >= 4 is 11.4 Å². The highest BCUT2D eigenvalue weighted by Gasteiger charge is 2.33. The molecule has 2 rings (SSSR count). The lowest BCUT2D eigenvalue weighted by Gasteiger charge is -2.12. The molecule has 0 atom stereocenters. The maximum absolute atomic E-state index is 12.7. The molecule has 1 aromatic carbocycles. The third-order valence-corrected chi connectivity index (χ3v) is 2.50. The summed E-state index contributed by atoms with van der Waals surface area (Å²) in [6, 6.07) is 5.37. The highest BCUT2D eigenvalue weighted by Crippen LogP contribution is 2.35. The Balaban J connectivity index is 2.13. The van der Waals surface area contributed by atoms with Crippen LogP contribution in [0.15, 0.2) is 28.8 Å². The summed E-state index contributed by atoms with van der Waals surface area (Å²) >= 11 is 0. The molecule has 0 radical (unpaired) electrons. The van der Waals surface area contributed by atoms with Gasteiger partial charge in [-0.15, -0.1) is 0 Å². The zero-order valence-corrected chi connectivity index (χ0v) is 10.1. The zero-order valence-electron chi connectivity index (χ0n) is 10.1. The van der Waals surface area contributed by atoms with Crippen LogP contribution in [0.1, 0.15) is 17.0 Å². The summed E-state index contributed by atoms with van der Waals surface area (Å²) in [5, 5.41) is 6.51. The van der Waals surface area contributed by atoms with Crippen molar-refractivity contribution in [2.24, 2.45) is 0 Å². The normalized spacial score (nSPS) is 11.6. The maximum atomic E-state index is 12.7. The Bertz CT molecular complexity index is 578. The summed E-state index contributed by atoms with van der Waals surface area (Å²) in [4.78, 5) is 0. The number of nitrogen functional groups attached to an aromatic ring is 1. The van der Waals surface area contributed by atoms with E-state index in [-0.39, 0.29) is 12.2 Å². The maximum Gasteiger partial charge on any atom is 0.418 e. The topological polar surface area (TPSA) is 64.1 Å². The van der Waals surface area contributed by atoms with E-state index in [1.165, 1.54) is 12.1 Å². The van der Waals surface area contributed by atoms with Gasteiger partial charge in [0.2, 0.25) is 0 Å². The molecule has 4 nitrogen and oxygen atoms in total. The number of nitrogens with two attached hydrogens (primary N) is 1. The zero-order chi connectivity index (χ0) is 14.0. The number of hydrogen-bond donors (Lipinski definition) is 2. The van der Waals surface area contributed by atoms with Gasteiger partial charge < -0.3 is 15.6 Å². The average Bonchev–Trinajstić information content (AvgIpc) is 2.72. The van der Waals surface area contributed by atoms with E-state index >= 15 is 0 Å². The second-order valence-corrected chi connectivity index (χ2v) is 4.09. The van der Waals surface area contributed by atoms with Crippen molar-refractivity contribution in [1.29, 1.82) is 0 Å². The standard InChI is InChI=1S/C12H12F3N3O/c1-7-4-9(19-18-7)6-17-8-2-3-11(16)10(5-8)12(13,14)15/h2-5,17H,6,16H2,1H3. The number of alkyl halides is 3. The first-order chi connectivity index (χ1) is 8.86. The first-order valence-electron chi connectivity index (χ1n) is 5.49. The molecule has 0 spiro atoms. The van der Waals surface area contributed by atoms with Gasteiger partial charge in [-0.05, 0) is 25.1 Å². The fourth-order valence-corrected chi connectivity index (χ4v) is 1.60. The highest BCUT2D eigenvalue weighted by molar-refractivity contribution is 5.58. The molecule has 0 saturated heterocycles. The van der Waals surface area contributed by atoms with Crippen LogP contribution in [0.2, 0.25) is 0 Å². The smallest absolute Gasteiger partial charge is 0.398 e. The number of rotatable bonds is 3. The van der Waals surface area contributed by atoms with E-state index in [0.29, 0.717) is 17.1 Å². The molecule has 7 heteroatoms. The van der Waals surface area contributed by atoms with E-state index in [1.807, 2.05) is 0 Å². The number of hydrogen-bond acceptors (Lipinski definition) is 4. The molecule has 1 heterocycles. The predicted molar refractivity (Wildman–Crippen MR) is 64.4 cm³/mol. The van der Waals surface area contributed by atoms with Crippen LogP contribution in [0.5, 0.6) is 0 Å². The van der Waals surface area contributed by atoms with E-state index in [9.17, 15) is 13.2 Å². The molecule has 2 aromatic rings. The Hall–Kier alpha value is -2.18. The van der Waals surface area contributed by atoms with Gasteiger partial charge in [0.15, 0.2) is 5.76 Å². The molecule has 19 heavy (non-hydrogen) atoms. The van der Waals surface area contributed by atoms with Crippen LogP contribution in [0.3, 0.4) is 0 Å². The van der Waals surface area contributed by atoms with Gasteiger partial charge in [-0.25, -0.2) is 0 Å². The Morgan fingerprint density at radius 2 is 2.05 bits per heavy atom. The van der Waals surface area contributed by atoms with E-state index in [4.69, 9.17) is 10.3 Å². The van der Waals surface area contributed by atoms with Crippen molar-refractivity contribution in [2.75, 3.05) is 11.1 Å². The van der Waals surface area contributed by atoms with Crippen molar-refractivity contribution in [3.05, 3.63) is 41.3 Å². The molecular weight excluding hydrogens is 259 g/mol. The minimum absolute atomic E-state index is 0.252. The second kappa shape index (κ2) is 4.83. The summed E-state index contributed by atoms with van der Waals surface area (Å²) in [7, 11) is 0. The van der Waals surface area contributed by atoms with Gasteiger partial charge in [-0.3, -0.25) is 0 Å². The van der Waals surface area contributed by atoms with Crippen LogP contribution >= 0.6 is 0 Å². The summed E-state index contributed by atoms with van der Waals surface area (Å²) < 4.78 is 42.9. The van der Waals surface area contributed by atoms with E-state index in [0.717, 1.165) is 6.07 Å². The van der Waals surface area contributed by atoms with Gasteiger partial charge in [0, 0.05) is 17.4 Å². The first-order valence-corrected chi connectivity index (χ1v) is 5.49. The van der Waals surface area contributed by atoms with Gasteiger partial charge in [-0.1, -0.05) is 5.16 Å². The molecule has 0 bridgehead atoms. The number of anilines is 2. The SMILES string of the molecule is Cc1cc(CNc2ccc(N)c(C(F)(F)F)c2)on1. The Kier molecular flexibility index (Phi) is 3.37. The number of benzene rings is 1. The van der Waals surface area contributed by atoms with Crippen LogP contribution in [-0.4, -0.2) is 5.16 Å². The quantitative estimate of drug-likeness (QED) is 0.841. The first kappa shape index (κ1) is 13.3. The minimum atomic E-state index is -4.47. The lowest BCUT2D eigenvalue weighted by Crippen LogP contribution is -2.10. The summed E-state index contributed by atoms with van der Waals surface area (Å²) in [6.07, 6.45) is -4.47. The minimum Gasteiger partial charge on any atom is -0.398 e. The highest BCUT2D eigenvalue weighted by atomic mass is 19.4. The number of nitrogens with one attached hydrogen (secondary N) is 1. The van der Waals surface area contributed by atoms with Crippen molar-refractivity contribution in [3.8, 4) is 0 Å². The third kappa shape index (κ3) is 3.18. The average molecular weight is 271 g/mol. The van der Waals surface area contributed by atoms with Crippen LogP contribution in [0, 0.1) is 6.92 Å².